The molecule has 1 aliphatic rings. The zero-order chi connectivity index (χ0) is 22.8. The molecular formula is C25H33N3O4. The van der Waals surface area contributed by atoms with E-state index in [0.29, 0.717) is 24.4 Å². The Morgan fingerprint density at radius 2 is 1.75 bits per heavy atom. The third-order valence-corrected chi connectivity index (χ3v) is 5.56. The molecule has 32 heavy (non-hydrogen) atoms. The smallest absolute Gasteiger partial charge is 0.253 e. The van der Waals surface area contributed by atoms with Crippen LogP contribution in [0, 0.1) is 0 Å². The van der Waals surface area contributed by atoms with Crippen molar-refractivity contribution in [2.75, 3.05) is 50.7 Å². The van der Waals surface area contributed by atoms with Crippen LogP contribution >= 0.6 is 0 Å². The Morgan fingerprint density at radius 1 is 1.00 bits per heavy atom. The molecule has 0 unspecified atom stereocenters. The molecule has 2 aromatic carbocycles. The molecule has 3 rings (SSSR count). The molecule has 1 fully saturated rings. The van der Waals surface area contributed by atoms with E-state index < -0.39 is 0 Å². The molecule has 1 saturated heterocycles. The summed E-state index contributed by atoms with van der Waals surface area (Å²) in [5.74, 6) is 0.490. The van der Waals surface area contributed by atoms with Crippen LogP contribution in [0.2, 0.25) is 0 Å². The van der Waals surface area contributed by atoms with Crippen LogP contribution in [0.5, 0.6) is 5.75 Å². The first kappa shape index (κ1) is 23.6. The molecule has 0 spiro atoms. The zero-order valence-electron chi connectivity index (χ0n) is 19.0. The molecule has 0 bridgehead atoms. The summed E-state index contributed by atoms with van der Waals surface area (Å²) < 4.78 is 10.2. The second kappa shape index (κ2) is 12.1. The molecule has 7 heteroatoms. The number of carbonyl (C=O) groups is 2. The first-order valence-electron chi connectivity index (χ1n) is 11.2. The normalized spacial score (nSPS) is 13.5. The second-order valence-corrected chi connectivity index (χ2v) is 7.95. The Hall–Kier alpha value is -3.06. The van der Waals surface area contributed by atoms with E-state index in [1.165, 1.54) is 6.42 Å². The van der Waals surface area contributed by atoms with E-state index in [1.807, 2.05) is 36.4 Å². The van der Waals surface area contributed by atoms with Gasteiger partial charge in [-0.3, -0.25) is 9.59 Å². The Morgan fingerprint density at radius 3 is 2.44 bits per heavy atom. The predicted molar refractivity (Wildman–Crippen MR) is 127 cm³/mol. The molecule has 172 valence electrons. The van der Waals surface area contributed by atoms with Gasteiger partial charge in [-0.1, -0.05) is 12.1 Å². The van der Waals surface area contributed by atoms with E-state index in [4.69, 9.17) is 9.47 Å². The van der Waals surface area contributed by atoms with Gasteiger partial charge in [-0.25, -0.2) is 0 Å². The van der Waals surface area contributed by atoms with E-state index in [9.17, 15) is 9.59 Å². The summed E-state index contributed by atoms with van der Waals surface area (Å²) in [7, 11) is 3.26. The Balaban J connectivity index is 1.72. The minimum atomic E-state index is -0.132. The van der Waals surface area contributed by atoms with E-state index in [-0.39, 0.29) is 18.2 Å². The van der Waals surface area contributed by atoms with Crippen molar-refractivity contribution >= 4 is 23.2 Å². The first-order chi connectivity index (χ1) is 15.6. The molecule has 0 saturated carbocycles. The van der Waals surface area contributed by atoms with Crippen LogP contribution in [-0.2, 0) is 16.0 Å². The van der Waals surface area contributed by atoms with Crippen molar-refractivity contribution in [3.05, 3.63) is 53.6 Å². The summed E-state index contributed by atoms with van der Waals surface area (Å²) in [6.07, 6.45) is 4.45. The Labute approximate surface area is 190 Å². The Bertz CT molecular complexity index is 893. The standard InChI is InChI=1S/C25H33N3O4/c1-31-16-6-13-26-25(30)22-18-20(9-12-23(22)28-14-4-3-5-15-28)27-24(29)17-19-7-10-21(32-2)11-8-19/h7-12,18H,3-6,13-17H2,1-2H3,(H,26,30)(H,27,29). The number of methoxy groups -OCH3 is 2. The van der Waals surface area contributed by atoms with Gasteiger partial charge in [-0.15, -0.1) is 0 Å². The Kier molecular flexibility index (Phi) is 8.92. The highest BCUT2D eigenvalue weighted by Crippen LogP contribution is 2.27. The number of ether oxygens (including phenoxy) is 2. The van der Waals surface area contributed by atoms with Gasteiger partial charge in [0.25, 0.3) is 5.91 Å². The highest BCUT2D eigenvalue weighted by Gasteiger charge is 2.19. The third kappa shape index (κ3) is 6.72. The largest absolute Gasteiger partial charge is 0.497 e. The molecule has 1 aliphatic heterocycles. The van der Waals surface area contributed by atoms with Crippen molar-refractivity contribution in [1.29, 1.82) is 0 Å². The molecule has 2 aromatic rings. The second-order valence-electron chi connectivity index (χ2n) is 7.95. The highest BCUT2D eigenvalue weighted by molar-refractivity contribution is 6.02. The minimum Gasteiger partial charge on any atom is -0.497 e. The summed E-state index contributed by atoms with van der Waals surface area (Å²) in [4.78, 5) is 27.8. The SMILES string of the molecule is COCCCNC(=O)c1cc(NC(=O)Cc2ccc(OC)cc2)ccc1N1CCCCC1. The average Bonchev–Trinajstić information content (AvgIpc) is 2.82. The van der Waals surface area contributed by atoms with Crippen molar-refractivity contribution in [1.82, 2.24) is 5.32 Å². The molecule has 0 radical (unpaired) electrons. The van der Waals surface area contributed by atoms with Gasteiger partial charge >= 0.3 is 0 Å². The molecule has 0 atom stereocenters. The number of anilines is 2. The number of hydrogen-bond acceptors (Lipinski definition) is 5. The quantitative estimate of drug-likeness (QED) is 0.553. The number of nitrogens with zero attached hydrogens (tertiary/aromatic N) is 1. The first-order valence-corrected chi connectivity index (χ1v) is 11.2. The maximum absolute atomic E-state index is 13.0. The molecule has 2 amide bonds. The lowest BCUT2D eigenvalue weighted by Gasteiger charge is -2.30. The van der Waals surface area contributed by atoms with E-state index in [2.05, 4.69) is 15.5 Å². The number of benzene rings is 2. The van der Waals surface area contributed by atoms with Crippen molar-refractivity contribution in [2.45, 2.75) is 32.1 Å². The molecule has 2 N–H and O–H groups in total. The van der Waals surface area contributed by atoms with Gasteiger partial charge in [-0.2, -0.15) is 0 Å². The van der Waals surface area contributed by atoms with Gasteiger partial charge < -0.3 is 25.0 Å². The molecule has 1 heterocycles. The number of hydrogen-bond donors (Lipinski definition) is 2. The van der Waals surface area contributed by atoms with Gasteiger partial charge in [0.05, 0.1) is 19.1 Å². The summed E-state index contributed by atoms with van der Waals surface area (Å²) in [5, 5.41) is 5.91. The molecular weight excluding hydrogens is 406 g/mol. The molecule has 0 aromatic heterocycles. The molecule has 7 nitrogen and oxygen atoms in total. The average molecular weight is 440 g/mol. The predicted octanol–water partition coefficient (Wildman–Crippen LogP) is 3.63. The number of piperidine rings is 1. The summed E-state index contributed by atoms with van der Waals surface area (Å²) >= 11 is 0. The minimum absolute atomic E-state index is 0.132. The summed E-state index contributed by atoms with van der Waals surface area (Å²) in [6, 6.07) is 13.0. The van der Waals surface area contributed by atoms with Crippen LogP contribution in [-0.4, -0.2) is 52.3 Å². The monoisotopic (exact) mass is 439 g/mol. The summed E-state index contributed by atoms with van der Waals surface area (Å²) in [5.41, 5.74) is 3.02. The number of carbonyl (C=O) groups excluding carboxylic acids is 2. The van der Waals surface area contributed by atoms with Gasteiger partial charge in [0.1, 0.15) is 5.75 Å². The van der Waals surface area contributed by atoms with Crippen molar-refractivity contribution in [3.63, 3.8) is 0 Å². The van der Waals surface area contributed by atoms with Gasteiger partial charge in [0.15, 0.2) is 0 Å². The third-order valence-electron chi connectivity index (χ3n) is 5.56. The zero-order valence-corrected chi connectivity index (χ0v) is 19.0. The van der Waals surface area contributed by atoms with Crippen LogP contribution in [0.15, 0.2) is 42.5 Å². The van der Waals surface area contributed by atoms with Gasteiger partial charge in [0.2, 0.25) is 5.91 Å². The van der Waals surface area contributed by atoms with Gasteiger partial charge in [-0.05, 0) is 61.6 Å². The van der Waals surface area contributed by atoms with Gasteiger partial charge in [0, 0.05) is 44.7 Å². The number of amides is 2. The number of nitrogens with one attached hydrogen (secondary N) is 2. The lowest BCUT2D eigenvalue weighted by molar-refractivity contribution is -0.115. The fourth-order valence-electron chi connectivity index (χ4n) is 3.85. The molecule has 0 aliphatic carbocycles. The van der Waals surface area contributed by atoms with Crippen LogP contribution < -0.4 is 20.3 Å². The highest BCUT2D eigenvalue weighted by atomic mass is 16.5. The van der Waals surface area contributed by atoms with Crippen LogP contribution in [0.4, 0.5) is 11.4 Å². The summed E-state index contributed by atoms with van der Waals surface area (Å²) in [6.45, 7) is 3.02. The topological polar surface area (TPSA) is 79.9 Å². The van der Waals surface area contributed by atoms with Crippen LogP contribution in [0.3, 0.4) is 0 Å². The lowest BCUT2D eigenvalue weighted by Crippen LogP contribution is -2.33. The van der Waals surface area contributed by atoms with Crippen LogP contribution in [0.25, 0.3) is 0 Å². The van der Waals surface area contributed by atoms with Crippen molar-refractivity contribution < 1.29 is 19.1 Å². The maximum Gasteiger partial charge on any atom is 0.253 e. The van der Waals surface area contributed by atoms with Crippen molar-refractivity contribution in [2.24, 2.45) is 0 Å². The lowest BCUT2D eigenvalue weighted by atomic mass is 10.1. The fourth-order valence-corrected chi connectivity index (χ4v) is 3.85. The fraction of sp³-hybridized carbons (Fsp3) is 0.440. The van der Waals surface area contributed by atoms with Crippen molar-refractivity contribution in [3.8, 4) is 5.75 Å². The van der Waals surface area contributed by atoms with E-state index >= 15 is 0 Å². The van der Waals surface area contributed by atoms with Crippen LogP contribution in [0.1, 0.15) is 41.6 Å². The number of rotatable bonds is 10. The van der Waals surface area contributed by atoms with E-state index in [0.717, 1.165) is 49.4 Å². The van der Waals surface area contributed by atoms with E-state index in [1.54, 1.807) is 20.3 Å². The maximum atomic E-state index is 13.0.